The average Bonchev–Trinajstić information content (AvgIpc) is 2.37. The van der Waals surface area contributed by atoms with E-state index in [1.54, 1.807) is 0 Å². The maximum absolute atomic E-state index is 10.6. The van der Waals surface area contributed by atoms with Crippen LogP contribution in [0.5, 0.6) is 0 Å². The summed E-state index contributed by atoms with van der Waals surface area (Å²) in [5, 5.41) is 21.1. The molecule has 0 amide bonds. The smallest absolute Gasteiger partial charge is 0.0628 e. The van der Waals surface area contributed by atoms with Crippen molar-refractivity contribution in [1.82, 2.24) is 5.06 Å². The van der Waals surface area contributed by atoms with Gasteiger partial charge >= 0.3 is 0 Å². The number of aliphatic hydroxyl groups is 1. The number of hydrogen-bond donors (Lipinski definition) is 2. The Morgan fingerprint density at radius 3 is 2.21 bits per heavy atom. The molecule has 0 aliphatic rings. The summed E-state index contributed by atoms with van der Waals surface area (Å²) in [5.74, 6) is 0.306. The first-order valence-electron chi connectivity index (χ1n) is 7.04. The molecule has 1 unspecified atom stereocenters. The highest BCUT2D eigenvalue weighted by Gasteiger charge is 2.33. The SMILES string of the molecule is CC(C)C(c1ccccc1)N(O)C(C)(C)CCCO. The molecule has 0 radical (unpaired) electrons. The number of nitrogens with zero attached hydrogens (tertiary/aromatic N) is 1. The normalized spacial score (nSPS) is 14.1. The van der Waals surface area contributed by atoms with Crippen molar-refractivity contribution in [3.05, 3.63) is 35.9 Å². The van der Waals surface area contributed by atoms with Crippen molar-refractivity contribution in [1.29, 1.82) is 0 Å². The van der Waals surface area contributed by atoms with Crippen LogP contribution < -0.4 is 0 Å². The van der Waals surface area contributed by atoms with E-state index in [9.17, 15) is 5.21 Å². The molecular weight excluding hydrogens is 238 g/mol. The van der Waals surface area contributed by atoms with Crippen molar-refractivity contribution in [2.45, 2.75) is 52.1 Å². The third kappa shape index (κ3) is 4.30. The van der Waals surface area contributed by atoms with E-state index in [0.29, 0.717) is 12.3 Å². The zero-order valence-electron chi connectivity index (χ0n) is 12.5. The van der Waals surface area contributed by atoms with Crippen molar-refractivity contribution in [3.63, 3.8) is 0 Å². The molecule has 1 rings (SSSR count). The van der Waals surface area contributed by atoms with Crippen LogP contribution in [0.25, 0.3) is 0 Å². The Hall–Kier alpha value is -0.900. The molecule has 2 N–H and O–H groups in total. The van der Waals surface area contributed by atoms with Gasteiger partial charge in [-0.05, 0) is 38.2 Å². The van der Waals surface area contributed by atoms with Crippen molar-refractivity contribution < 1.29 is 10.3 Å². The van der Waals surface area contributed by atoms with Crippen molar-refractivity contribution in [2.75, 3.05) is 6.61 Å². The maximum atomic E-state index is 10.6. The molecule has 3 nitrogen and oxygen atoms in total. The number of hydroxylamine groups is 2. The Bertz CT molecular complexity index is 362. The zero-order chi connectivity index (χ0) is 14.5. The minimum Gasteiger partial charge on any atom is -0.396 e. The molecule has 0 bridgehead atoms. The largest absolute Gasteiger partial charge is 0.396 e. The minimum atomic E-state index is -0.354. The molecule has 0 heterocycles. The van der Waals surface area contributed by atoms with E-state index in [2.05, 4.69) is 26.0 Å². The zero-order valence-corrected chi connectivity index (χ0v) is 12.5. The van der Waals surface area contributed by atoms with Gasteiger partial charge in [0.15, 0.2) is 0 Å². The van der Waals surface area contributed by atoms with Gasteiger partial charge in [0, 0.05) is 12.1 Å². The molecule has 19 heavy (non-hydrogen) atoms. The first-order valence-corrected chi connectivity index (χ1v) is 7.04. The van der Waals surface area contributed by atoms with Gasteiger partial charge in [-0.15, -0.1) is 0 Å². The van der Waals surface area contributed by atoms with E-state index in [1.165, 1.54) is 5.06 Å². The second kappa shape index (κ2) is 7.04. The summed E-state index contributed by atoms with van der Waals surface area (Å²) in [7, 11) is 0. The van der Waals surface area contributed by atoms with Gasteiger partial charge < -0.3 is 10.3 Å². The molecular formula is C16H27NO2. The highest BCUT2D eigenvalue weighted by molar-refractivity contribution is 5.19. The maximum Gasteiger partial charge on any atom is 0.0628 e. The van der Waals surface area contributed by atoms with Crippen molar-refractivity contribution in [3.8, 4) is 0 Å². The van der Waals surface area contributed by atoms with Gasteiger partial charge in [-0.3, -0.25) is 0 Å². The van der Waals surface area contributed by atoms with Crippen LogP contribution in [0.3, 0.4) is 0 Å². The standard InChI is InChI=1S/C16H27NO2/c1-13(2)15(14-9-6-5-7-10-14)17(19)16(3,4)11-8-12-18/h5-7,9-10,13,15,18-19H,8,11-12H2,1-4H3. The summed E-state index contributed by atoms with van der Waals surface area (Å²) in [6, 6.07) is 10.1. The molecule has 1 atom stereocenters. The lowest BCUT2D eigenvalue weighted by molar-refractivity contribution is -0.207. The van der Waals surface area contributed by atoms with E-state index in [4.69, 9.17) is 5.11 Å². The predicted octanol–water partition coefficient (Wildman–Crippen LogP) is 3.63. The topological polar surface area (TPSA) is 43.7 Å². The summed E-state index contributed by atoms with van der Waals surface area (Å²) in [4.78, 5) is 0. The highest BCUT2D eigenvalue weighted by Crippen LogP contribution is 2.34. The van der Waals surface area contributed by atoms with Crippen LogP contribution in [-0.4, -0.2) is 27.5 Å². The van der Waals surface area contributed by atoms with Gasteiger partial charge in [0.1, 0.15) is 0 Å². The lowest BCUT2D eigenvalue weighted by Crippen LogP contribution is -2.45. The molecule has 0 aliphatic carbocycles. The van der Waals surface area contributed by atoms with Gasteiger partial charge in [0.2, 0.25) is 0 Å². The van der Waals surface area contributed by atoms with E-state index < -0.39 is 0 Å². The van der Waals surface area contributed by atoms with Crippen LogP contribution >= 0.6 is 0 Å². The van der Waals surface area contributed by atoms with Crippen molar-refractivity contribution >= 4 is 0 Å². The molecule has 108 valence electrons. The molecule has 0 fully saturated rings. The van der Waals surface area contributed by atoms with Crippen LogP contribution in [0.15, 0.2) is 30.3 Å². The quantitative estimate of drug-likeness (QED) is 0.740. The fourth-order valence-electron chi connectivity index (χ4n) is 2.46. The fraction of sp³-hybridized carbons (Fsp3) is 0.625. The van der Waals surface area contributed by atoms with E-state index in [1.807, 2.05) is 32.0 Å². The van der Waals surface area contributed by atoms with Gasteiger partial charge in [0.25, 0.3) is 0 Å². The van der Waals surface area contributed by atoms with Gasteiger partial charge in [-0.25, -0.2) is 0 Å². The third-order valence-corrected chi connectivity index (χ3v) is 3.60. The molecule has 0 spiro atoms. The second-order valence-corrected chi connectivity index (χ2v) is 6.08. The fourth-order valence-corrected chi connectivity index (χ4v) is 2.46. The predicted molar refractivity (Wildman–Crippen MR) is 78.0 cm³/mol. The summed E-state index contributed by atoms with van der Waals surface area (Å²) in [5.41, 5.74) is 0.769. The van der Waals surface area contributed by atoms with Crippen molar-refractivity contribution in [2.24, 2.45) is 5.92 Å². The third-order valence-electron chi connectivity index (χ3n) is 3.60. The Balaban J connectivity index is 2.93. The average molecular weight is 265 g/mol. The lowest BCUT2D eigenvalue weighted by atomic mass is 9.89. The van der Waals surface area contributed by atoms with E-state index in [0.717, 1.165) is 12.0 Å². The molecule has 3 heteroatoms. The minimum absolute atomic E-state index is 0.0325. The first kappa shape index (κ1) is 16.2. The summed E-state index contributed by atoms with van der Waals surface area (Å²) in [6.45, 7) is 8.42. The second-order valence-electron chi connectivity index (χ2n) is 6.08. The van der Waals surface area contributed by atoms with Gasteiger partial charge in [0.05, 0.1) is 6.04 Å². The summed E-state index contributed by atoms with van der Waals surface area (Å²) in [6.07, 6.45) is 1.46. The lowest BCUT2D eigenvalue weighted by Gasteiger charge is -2.41. The summed E-state index contributed by atoms with van der Waals surface area (Å²) < 4.78 is 0. The molecule has 1 aromatic rings. The van der Waals surface area contributed by atoms with Crippen LogP contribution in [0.4, 0.5) is 0 Å². The van der Waals surface area contributed by atoms with Crippen LogP contribution in [0, 0.1) is 5.92 Å². The van der Waals surface area contributed by atoms with Crippen LogP contribution in [-0.2, 0) is 0 Å². The van der Waals surface area contributed by atoms with Crippen LogP contribution in [0.1, 0.15) is 52.1 Å². The molecule has 0 saturated carbocycles. The summed E-state index contributed by atoms with van der Waals surface area (Å²) >= 11 is 0. The Morgan fingerprint density at radius 1 is 1.16 bits per heavy atom. The molecule has 0 aromatic heterocycles. The number of hydrogen-bond acceptors (Lipinski definition) is 3. The monoisotopic (exact) mass is 265 g/mol. The van der Waals surface area contributed by atoms with Gasteiger partial charge in [-0.2, -0.15) is 5.06 Å². The van der Waals surface area contributed by atoms with Crippen LogP contribution in [0.2, 0.25) is 0 Å². The molecule has 0 aliphatic heterocycles. The molecule has 0 saturated heterocycles. The number of benzene rings is 1. The molecule has 1 aromatic carbocycles. The number of rotatable bonds is 7. The Labute approximate surface area is 116 Å². The highest BCUT2D eigenvalue weighted by atomic mass is 16.5. The van der Waals surface area contributed by atoms with E-state index in [-0.39, 0.29) is 18.2 Å². The number of aliphatic hydroxyl groups excluding tert-OH is 1. The Morgan fingerprint density at radius 2 is 1.74 bits per heavy atom. The first-order chi connectivity index (χ1) is 8.90. The van der Waals surface area contributed by atoms with E-state index >= 15 is 0 Å². The Kier molecular flexibility index (Phi) is 5.98. The van der Waals surface area contributed by atoms with Gasteiger partial charge in [-0.1, -0.05) is 44.2 Å².